The minimum absolute atomic E-state index is 0.150. The number of likely N-dealkylation sites (tertiary alicyclic amines) is 1. The predicted molar refractivity (Wildman–Crippen MR) is 106 cm³/mol. The molecule has 3 rings (SSSR count). The van der Waals surface area contributed by atoms with Gasteiger partial charge in [-0.05, 0) is 18.4 Å². The number of hydrogen-bond acceptors (Lipinski definition) is 4. The standard InChI is InChI=1S/C21H25F3N4O3/c1-27-13-11-26-19(27)20(31,21(22,23)24)9-10-25-18(30)16-8-5-12-28(16)17(29)14-15-6-3-2-4-7-15/h2-4,6-7,11,13,16,31H,5,8-10,12,14H2,1H3,(H,25,30). The molecule has 10 heteroatoms. The lowest BCUT2D eigenvalue weighted by atomic mass is 9.97. The average Bonchev–Trinajstić information content (AvgIpc) is 3.37. The highest BCUT2D eigenvalue weighted by Gasteiger charge is 2.57. The van der Waals surface area contributed by atoms with Crippen molar-refractivity contribution >= 4 is 11.8 Å². The maximum atomic E-state index is 13.6. The number of amides is 2. The van der Waals surface area contributed by atoms with Crippen LogP contribution in [0.25, 0.3) is 0 Å². The normalized spacial score (nSPS) is 18.6. The van der Waals surface area contributed by atoms with Crippen molar-refractivity contribution in [1.29, 1.82) is 0 Å². The zero-order valence-electron chi connectivity index (χ0n) is 17.1. The Hall–Kier alpha value is -2.88. The van der Waals surface area contributed by atoms with E-state index in [1.54, 1.807) is 0 Å². The Bertz CT molecular complexity index is 916. The summed E-state index contributed by atoms with van der Waals surface area (Å²) in [6, 6.07) is 8.38. The van der Waals surface area contributed by atoms with Crippen molar-refractivity contribution in [3.05, 3.63) is 54.1 Å². The van der Waals surface area contributed by atoms with E-state index in [9.17, 15) is 27.9 Å². The Labute approximate surface area is 177 Å². The first-order valence-corrected chi connectivity index (χ1v) is 10.0. The first-order valence-electron chi connectivity index (χ1n) is 10.0. The summed E-state index contributed by atoms with van der Waals surface area (Å²) >= 11 is 0. The summed E-state index contributed by atoms with van der Waals surface area (Å²) in [5.74, 6) is -1.28. The highest BCUT2D eigenvalue weighted by molar-refractivity contribution is 5.89. The van der Waals surface area contributed by atoms with Crippen molar-refractivity contribution in [2.24, 2.45) is 7.05 Å². The van der Waals surface area contributed by atoms with Gasteiger partial charge in [-0.3, -0.25) is 9.59 Å². The third-order valence-electron chi connectivity index (χ3n) is 5.52. The third kappa shape index (κ3) is 4.90. The fourth-order valence-corrected chi connectivity index (χ4v) is 3.84. The van der Waals surface area contributed by atoms with Crippen molar-refractivity contribution in [2.45, 2.75) is 43.5 Å². The quantitative estimate of drug-likeness (QED) is 0.692. The van der Waals surface area contributed by atoms with E-state index in [0.29, 0.717) is 19.4 Å². The number of rotatable bonds is 7. The molecule has 2 N–H and O–H groups in total. The Morgan fingerprint density at radius 3 is 2.58 bits per heavy atom. The van der Waals surface area contributed by atoms with Gasteiger partial charge in [0.25, 0.3) is 0 Å². The van der Waals surface area contributed by atoms with Crippen LogP contribution in [0.1, 0.15) is 30.7 Å². The Morgan fingerprint density at radius 2 is 1.97 bits per heavy atom. The molecule has 1 aliphatic heterocycles. The second-order valence-corrected chi connectivity index (χ2v) is 7.67. The SMILES string of the molecule is Cn1ccnc1C(O)(CCNC(=O)C1CCCN1C(=O)Cc1ccccc1)C(F)(F)F. The summed E-state index contributed by atoms with van der Waals surface area (Å²) in [6.07, 6.45) is -2.07. The van der Waals surface area contributed by atoms with Gasteiger partial charge in [-0.15, -0.1) is 0 Å². The number of halogens is 3. The van der Waals surface area contributed by atoms with Crippen molar-refractivity contribution in [3.8, 4) is 0 Å². The van der Waals surface area contributed by atoms with Crippen LogP contribution < -0.4 is 5.32 Å². The first kappa shape index (κ1) is 22.8. The van der Waals surface area contributed by atoms with Crippen molar-refractivity contribution < 1.29 is 27.9 Å². The van der Waals surface area contributed by atoms with E-state index in [1.165, 1.54) is 24.3 Å². The van der Waals surface area contributed by atoms with Gasteiger partial charge in [0.15, 0.2) is 0 Å². The van der Waals surface area contributed by atoms with Crippen LogP contribution in [0.5, 0.6) is 0 Å². The van der Waals surface area contributed by atoms with Crippen LogP contribution >= 0.6 is 0 Å². The average molecular weight is 438 g/mol. The largest absolute Gasteiger partial charge is 0.424 e. The summed E-state index contributed by atoms with van der Waals surface area (Å²) in [4.78, 5) is 30.3. The minimum atomic E-state index is -4.97. The Balaban J connectivity index is 1.61. The fourth-order valence-electron chi connectivity index (χ4n) is 3.84. The van der Waals surface area contributed by atoms with E-state index in [2.05, 4.69) is 10.3 Å². The third-order valence-corrected chi connectivity index (χ3v) is 5.52. The topological polar surface area (TPSA) is 87.5 Å². The van der Waals surface area contributed by atoms with Gasteiger partial charge in [-0.25, -0.2) is 4.98 Å². The van der Waals surface area contributed by atoms with Crippen molar-refractivity contribution in [2.75, 3.05) is 13.1 Å². The van der Waals surface area contributed by atoms with Gasteiger partial charge in [-0.2, -0.15) is 13.2 Å². The first-order chi connectivity index (χ1) is 14.6. The smallest absolute Gasteiger partial charge is 0.374 e. The number of benzene rings is 1. The number of nitrogens with one attached hydrogen (secondary N) is 1. The molecule has 2 amide bonds. The summed E-state index contributed by atoms with van der Waals surface area (Å²) < 4.78 is 41.8. The number of carbonyl (C=O) groups is 2. The molecule has 0 bridgehead atoms. The molecule has 1 aromatic heterocycles. The van der Waals surface area contributed by atoms with Gasteiger partial charge in [0.05, 0.1) is 6.42 Å². The van der Waals surface area contributed by atoms with E-state index in [4.69, 9.17) is 0 Å². The summed E-state index contributed by atoms with van der Waals surface area (Å²) in [5, 5.41) is 12.8. The molecule has 1 saturated heterocycles. The summed E-state index contributed by atoms with van der Waals surface area (Å²) in [6.45, 7) is 0.00241. The number of carbonyl (C=O) groups excluding carboxylic acids is 2. The van der Waals surface area contributed by atoms with Gasteiger partial charge in [0, 0.05) is 39.0 Å². The number of aryl methyl sites for hydroxylation is 1. The molecule has 1 aromatic carbocycles. The number of imidazole rings is 1. The maximum Gasteiger partial charge on any atom is 0.424 e. The Morgan fingerprint density at radius 1 is 1.26 bits per heavy atom. The summed E-state index contributed by atoms with van der Waals surface area (Å²) in [5.41, 5.74) is -2.37. The number of alkyl halides is 3. The molecular weight excluding hydrogens is 413 g/mol. The number of hydrogen-bond donors (Lipinski definition) is 2. The molecule has 7 nitrogen and oxygen atoms in total. The molecule has 0 saturated carbocycles. The zero-order valence-corrected chi connectivity index (χ0v) is 17.1. The van der Waals surface area contributed by atoms with E-state index >= 15 is 0 Å². The molecule has 0 aliphatic carbocycles. The van der Waals surface area contributed by atoms with Gasteiger partial charge >= 0.3 is 6.18 Å². The second-order valence-electron chi connectivity index (χ2n) is 7.67. The van der Waals surface area contributed by atoms with E-state index in [0.717, 1.165) is 10.1 Å². The molecule has 0 spiro atoms. The van der Waals surface area contributed by atoms with Crippen LogP contribution in [0.2, 0.25) is 0 Å². The van der Waals surface area contributed by atoms with Gasteiger partial charge in [-0.1, -0.05) is 30.3 Å². The van der Waals surface area contributed by atoms with Crippen molar-refractivity contribution in [3.63, 3.8) is 0 Å². The second kappa shape index (κ2) is 9.09. The molecule has 2 heterocycles. The highest BCUT2D eigenvalue weighted by Crippen LogP contribution is 2.40. The van der Waals surface area contributed by atoms with E-state index < -0.39 is 42.5 Å². The van der Waals surface area contributed by atoms with Crippen LogP contribution in [0.15, 0.2) is 42.7 Å². The molecule has 0 radical (unpaired) electrons. The monoisotopic (exact) mass is 438 g/mol. The number of aromatic nitrogens is 2. The van der Waals surface area contributed by atoms with Gasteiger partial charge < -0.3 is 19.9 Å². The Kier molecular flexibility index (Phi) is 6.68. The molecule has 2 atom stereocenters. The van der Waals surface area contributed by atoms with Gasteiger partial charge in [0.1, 0.15) is 11.9 Å². The predicted octanol–water partition coefficient (Wildman–Crippen LogP) is 1.91. The minimum Gasteiger partial charge on any atom is -0.374 e. The van der Waals surface area contributed by atoms with Crippen LogP contribution in [0.4, 0.5) is 13.2 Å². The van der Waals surface area contributed by atoms with Crippen LogP contribution in [-0.4, -0.2) is 56.7 Å². The van der Waals surface area contributed by atoms with Crippen LogP contribution in [0, 0.1) is 0 Å². The number of aliphatic hydroxyl groups is 1. The summed E-state index contributed by atoms with van der Waals surface area (Å²) in [7, 11) is 1.35. The zero-order chi connectivity index (χ0) is 22.6. The highest BCUT2D eigenvalue weighted by atomic mass is 19.4. The maximum absolute atomic E-state index is 13.6. The molecule has 1 fully saturated rings. The molecule has 2 aromatic rings. The van der Waals surface area contributed by atoms with Crippen LogP contribution in [0.3, 0.4) is 0 Å². The van der Waals surface area contributed by atoms with E-state index in [1.807, 2.05) is 30.3 Å². The fraction of sp³-hybridized carbons (Fsp3) is 0.476. The molecule has 2 unspecified atom stereocenters. The molecule has 31 heavy (non-hydrogen) atoms. The molecular formula is C21H25F3N4O3. The van der Waals surface area contributed by atoms with E-state index in [-0.39, 0.29) is 12.3 Å². The van der Waals surface area contributed by atoms with Gasteiger partial charge in [0.2, 0.25) is 17.4 Å². The lowest BCUT2D eigenvalue weighted by molar-refractivity contribution is -0.272. The lowest BCUT2D eigenvalue weighted by Gasteiger charge is -2.30. The van der Waals surface area contributed by atoms with Crippen molar-refractivity contribution in [1.82, 2.24) is 19.8 Å². The molecule has 168 valence electrons. The lowest BCUT2D eigenvalue weighted by Crippen LogP contribution is -2.49. The van der Waals surface area contributed by atoms with Crippen LogP contribution in [-0.2, 0) is 28.7 Å². The molecule has 1 aliphatic rings. The number of nitrogens with zero attached hydrogens (tertiary/aromatic N) is 3.